The Bertz CT molecular complexity index is 465. The van der Waals surface area contributed by atoms with Crippen molar-refractivity contribution in [1.29, 1.82) is 0 Å². The fraction of sp³-hybridized carbons (Fsp3) is 0.462. The van der Waals surface area contributed by atoms with Crippen molar-refractivity contribution in [3.05, 3.63) is 23.8 Å². The number of hydrogen-bond donors (Lipinski definition) is 8. The molecule has 1 rings (SSSR count). The fourth-order valence-corrected chi connectivity index (χ4v) is 1.36. The molecule has 0 heterocycles. The van der Waals surface area contributed by atoms with Gasteiger partial charge in [-0.3, -0.25) is 4.79 Å². The highest BCUT2D eigenvalue weighted by Gasteiger charge is 2.32. The van der Waals surface area contributed by atoms with E-state index in [-0.39, 0.29) is 0 Å². The van der Waals surface area contributed by atoms with Crippen molar-refractivity contribution in [3.8, 4) is 0 Å². The molecule has 9 heteroatoms. The summed E-state index contributed by atoms with van der Waals surface area (Å²) in [4.78, 5) is 10.3. The maximum absolute atomic E-state index is 10.3. The molecule has 0 bridgehead atoms. The summed E-state index contributed by atoms with van der Waals surface area (Å²) < 4.78 is 0. The molecular formula is C13H23N3O6. The minimum Gasteiger partial charge on any atom is -0.398 e. The zero-order valence-corrected chi connectivity index (χ0v) is 12.1. The Morgan fingerprint density at radius 3 is 1.86 bits per heavy atom. The van der Waals surface area contributed by atoms with E-state index in [9.17, 15) is 4.79 Å². The van der Waals surface area contributed by atoms with Crippen molar-refractivity contribution in [2.45, 2.75) is 31.3 Å². The number of benzene rings is 1. The third-order valence-electron chi connectivity index (χ3n) is 2.96. The molecule has 1 aromatic carbocycles. The minimum atomic E-state index is -1.98. The van der Waals surface area contributed by atoms with Crippen molar-refractivity contribution >= 4 is 17.3 Å². The second-order valence-electron chi connectivity index (χ2n) is 4.64. The number of aliphatic hydroxyl groups excluding tert-OH is 5. The topological polar surface area (TPSA) is 196 Å². The summed E-state index contributed by atoms with van der Waals surface area (Å²) in [5.41, 5.74) is 18.2. The highest BCUT2D eigenvalue weighted by atomic mass is 16.4. The van der Waals surface area contributed by atoms with Gasteiger partial charge in [-0.25, -0.2) is 0 Å². The molecule has 0 saturated carbocycles. The molecule has 11 N–H and O–H groups in total. The van der Waals surface area contributed by atoms with Crippen LogP contribution in [0, 0.1) is 6.92 Å². The molecular weight excluding hydrogens is 294 g/mol. The molecule has 1 amide bonds. The molecule has 4 atom stereocenters. The summed E-state index contributed by atoms with van der Waals surface area (Å²) in [6, 6.07) is 5.52. The van der Waals surface area contributed by atoms with Crippen LogP contribution in [0.5, 0.6) is 0 Å². The van der Waals surface area contributed by atoms with E-state index in [1.165, 1.54) is 0 Å². The van der Waals surface area contributed by atoms with Gasteiger partial charge in [-0.1, -0.05) is 6.07 Å². The molecule has 0 fully saturated rings. The fourth-order valence-electron chi connectivity index (χ4n) is 1.36. The monoisotopic (exact) mass is 317 g/mol. The van der Waals surface area contributed by atoms with Crippen molar-refractivity contribution in [2.75, 3.05) is 18.1 Å². The van der Waals surface area contributed by atoms with E-state index in [0.29, 0.717) is 0 Å². The van der Waals surface area contributed by atoms with E-state index >= 15 is 0 Å². The number of carbonyl (C=O) groups excluding carboxylic acids is 1. The molecule has 0 aliphatic heterocycles. The van der Waals surface area contributed by atoms with E-state index in [0.717, 1.165) is 16.9 Å². The van der Waals surface area contributed by atoms with E-state index in [4.69, 9.17) is 37.0 Å². The quantitative estimate of drug-likeness (QED) is 0.264. The van der Waals surface area contributed by atoms with Gasteiger partial charge >= 0.3 is 0 Å². The Morgan fingerprint density at radius 1 is 1.09 bits per heavy atom. The van der Waals surface area contributed by atoms with Gasteiger partial charge in [0.2, 0.25) is 5.91 Å². The zero-order chi connectivity index (χ0) is 17.4. The molecule has 0 aliphatic carbocycles. The zero-order valence-electron chi connectivity index (χ0n) is 12.1. The number of carbonyl (C=O) groups is 1. The number of aliphatic hydroxyl groups is 5. The maximum Gasteiger partial charge on any atom is 0.249 e. The number of amides is 1. The number of primary amides is 1. The Kier molecular flexibility index (Phi) is 8.38. The second-order valence-corrected chi connectivity index (χ2v) is 4.64. The number of anilines is 2. The van der Waals surface area contributed by atoms with E-state index in [2.05, 4.69) is 5.73 Å². The summed E-state index contributed by atoms with van der Waals surface area (Å²) in [6.45, 7) is 1.11. The number of rotatable bonds is 5. The van der Waals surface area contributed by atoms with Crippen LogP contribution in [0.3, 0.4) is 0 Å². The molecule has 0 aliphatic rings. The Labute approximate surface area is 127 Å². The average Bonchev–Trinajstić information content (AvgIpc) is 2.49. The predicted octanol–water partition coefficient (Wildman–Crippen LogP) is -2.93. The summed E-state index contributed by atoms with van der Waals surface area (Å²) in [5.74, 6) is -1.23. The molecule has 0 spiro atoms. The van der Waals surface area contributed by atoms with Gasteiger partial charge < -0.3 is 42.7 Å². The summed E-state index contributed by atoms with van der Waals surface area (Å²) in [5, 5.41) is 44.0. The van der Waals surface area contributed by atoms with Crippen LogP contribution in [0.1, 0.15) is 5.56 Å². The lowest BCUT2D eigenvalue weighted by Gasteiger charge is -2.23. The lowest BCUT2D eigenvalue weighted by molar-refractivity contribution is -0.146. The Morgan fingerprint density at radius 2 is 1.55 bits per heavy atom. The molecule has 0 radical (unpaired) electrons. The minimum absolute atomic E-state index is 0.759. The van der Waals surface area contributed by atoms with Crippen LogP contribution in [-0.4, -0.2) is 62.5 Å². The van der Waals surface area contributed by atoms with Crippen LogP contribution in [0.2, 0.25) is 0 Å². The molecule has 126 valence electrons. The molecule has 22 heavy (non-hydrogen) atoms. The van der Waals surface area contributed by atoms with E-state index < -0.39 is 36.9 Å². The smallest absolute Gasteiger partial charge is 0.249 e. The van der Waals surface area contributed by atoms with Gasteiger partial charge in [-0.05, 0) is 24.6 Å². The third kappa shape index (κ3) is 5.84. The van der Waals surface area contributed by atoms with Crippen molar-refractivity contribution in [3.63, 3.8) is 0 Å². The van der Waals surface area contributed by atoms with Gasteiger partial charge in [0.1, 0.15) is 18.3 Å². The van der Waals surface area contributed by atoms with Gasteiger partial charge in [0.15, 0.2) is 6.10 Å². The van der Waals surface area contributed by atoms with Gasteiger partial charge in [-0.2, -0.15) is 0 Å². The first-order valence-corrected chi connectivity index (χ1v) is 6.36. The molecule has 0 saturated heterocycles. The van der Waals surface area contributed by atoms with Crippen LogP contribution >= 0.6 is 0 Å². The van der Waals surface area contributed by atoms with Crippen LogP contribution in [0.25, 0.3) is 0 Å². The number of hydrogen-bond acceptors (Lipinski definition) is 8. The molecule has 9 nitrogen and oxygen atoms in total. The largest absolute Gasteiger partial charge is 0.398 e. The third-order valence-corrected chi connectivity index (χ3v) is 2.96. The van der Waals surface area contributed by atoms with E-state index in [1.54, 1.807) is 0 Å². The van der Waals surface area contributed by atoms with Crippen molar-refractivity contribution in [2.24, 2.45) is 5.73 Å². The highest BCUT2D eigenvalue weighted by Crippen LogP contribution is 2.16. The van der Waals surface area contributed by atoms with Gasteiger partial charge in [0, 0.05) is 11.4 Å². The van der Waals surface area contributed by atoms with Crippen LogP contribution < -0.4 is 17.2 Å². The van der Waals surface area contributed by atoms with Gasteiger partial charge in [0.05, 0.1) is 6.61 Å². The molecule has 0 unspecified atom stereocenters. The lowest BCUT2D eigenvalue weighted by Crippen LogP contribution is -2.50. The summed E-state index contributed by atoms with van der Waals surface area (Å²) in [7, 11) is 0. The highest BCUT2D eigenvalue weighted by molar-refractivity contribution is 5.79. The van der Waals surface area contributed by atoms with Crippen LogP contribution in [-0.2, 0) is 4.79 Å². The van der Waals surface area contributed by atoms with Gasteiger partial charge in [-0.15, -0.1) is 0 Å². The standard InChI is InChI=1S/C7H10N2.C6H13NO6/c1-5-6(8)3-2-4-7(5)9;7-6(13)5(12)4(11)3(10)2(9)1-8/h2-4H,8-9H2,1H3;2-5,8-12H,1H2,(H2,7,13)/t;2-,3-,4+,5-/m.1/s1. The summed E-state index contributed by atoms with van der Waals surface area (Å²) in [6.07, 6.45) is -7.35. The van der Waals surface area contributed by atoms with Crippen LogP contribution in [0.4, 0.5) is 11.4 Å². The maximum atomic E-state index is 10.3. The second kappa shape index (κ2) is 9.18. The Balaban J connectivity index is 0.000000425. The Hall–Kier alpha value is -1.91. The molecule has 0 aromatic heterocycles. The van der Waals surface area contributed by atoms with Gasteiger partial charge in [0.25, 0.3) is 0 Å². The SMILES string of the molecule is Cc1c(N)cccc1N.NC(=O)[C@H](O)[C@@H](O)[C@H](O)[C@H](O)CO. The van der Waals surface area contributed by atoms with E-state index in [1.807, 2.05) is 25.1 Å². The normalized spacial score (nSPS) is 15.9. The molecule has 1 aromatic rings. The predicted molar refractivity (Wildman–Crippen MR) is 80.3 cm³/mol. The number of nitrogen functional groups attached to an aromatic ring is 2. The first kappa shape index (κ1) is 20.1. The van der Waals surface area contributed by atoms with Crippen molar-refractivity contribution in [1.82, 2.24) is 0 Å². The first-order chi connectivity index (χ1) is 10.1. The average molecular weight is 317 g/mol. The number of nitrogens with two attached hydrogens (primary N) is 3. The van der Waals surface area contributed by atoms with Crippen LogP contribution in [0.15, 0.2) is 18.2 Å². The lowest BCUT2D eigenvalue weighted by atomic mass is 10.0. The first-order valence-electron chi connectivity index (χ1n) is 6.36. The van der Waals surface area contributed by atoms with Crippen molar-refractivity contribution < 1.29 is 30.3 Å². The summed E-state index contributed by atoms with van der Waals surface area (Å²) >= 11 is 0.